The van der Waals surface area contributed by atoms with E-state index in [1.165, 1.54) is 23.1 Å². The Labute approximate surface area is 115 Å². The van der Waals surface area contributed by atoms with Crippen LogP contribution in [0.1, 0.15) is 22.3 Å². The Morgan fingerprint density at radius 2 is 1.95 bits per heavy atom. The fourth-order valence-electron chi connectivity index (χ4n) is 2.06. The summed E-state index contributed by atoms with van der Waals surface area (Å²) in [6.45, 7) is 0.719. The molecule has 1 atom stereocenters. The molecule has 19 heavy (non-hydrogen) atoms. The average Bonchev–Trinajstić information content (AvgIpc) is 2.74. The highest BCUT2D eigenvalue weighted by Gasteiger charge is 2.36. The molecule has 0 spiro atoms. The van der Waals surface area contributed by atoms with Gasteiger partial charge in [0.15, 0.2) is 0 Å². The van der Waals surface area contributed by atoms with Crippen molar-refractivity contribution in [2.75, 3.05) is 13.1 Å². The third-order valence-corrected chi connectivity index (χ3v) is 2.97. The highest BCUT2D eigenvalue weighted by atomic mass is 35.5. The van der Waals surface area contributed by atoms with Gasteiger partial charge in [0, 0.05) is 19.1 Å². The largest absolute Gasteiger partial charge is 0.417 e. The minimum Gasteiger partial charge on any atom is -0.337 e. The molecule has 1 amide bonds. The van der Waals surface area contributed by atoms with Crippen molar-refractivity contribution in [2.45, 2.75) is 18.6 Å². The Bertz CT molecular complexity index is 465. The van der Waals surface area contributed by atoms with Crippen LogP contribution in [0.25, 0.3) is 0 Å². The minimum absolute atomic E-state index is 0. The molecule has 1 aromatic carbocycles. The third-order valence-electron chi connectivity index (χ3n) is 2.97. The van der Waals surface area contributed by atoms with E-state index in [1.807, 2.05) is 0 Å². The Balaban J connectivity index is 0.00000180. The van der Waals surface area contributed by atoms with Gasteiger partial charge in [0.25, 0.3) is 5.91 Å². The number of nitrogens with two attached hydrogens (primary N) is 1. The third kappa shape index (κ3) is 3.39. The molecule has 0 aromatic heterocycles. The minimum atomic E-state index is -4.52. The van der Waals surface area contributed by atoms with E-state index in [2.05, 4.69) is 0 Å². The molecule has 2 rings (SSSR count). The molecule has 1 saturated heterocycles. The molecular formula is C12H14ClF3N2O. The van der Waals surface area contributed by atoms with Crippen LogP contribution in [0.3, 0.4) is 0 Å². The Morgan fingerprint density at radius 3 is 2.47 bits per heavy atom. The van der Waals surface area contributed by atoms with Gasteiger partial charge < -0.3 is 10.6 Å². The van der Waals surface area contributed by atoms with Crippen LogP contribution in [0.4, 0.5) is 13.2 Å². The lowest BCUT2D eigenvalue weighted by atomic mass is 10.1. The van der Waals surface area contributed by atoms with Gasteiger partial charge in [0.05, 0.1) is 11.1 Å². The van der Waals surface area contributed by atoms with Crippen LogP contribution in [0.5, 0.6) is 0 Å². The Hall–Kier alpha value is -1.27. The smallest absolute Gasteiger partial charge is 0.337 e. The lowest BCUT2D eigenvalue weighted by Crippen LogP contribution is -2.33. The number of hydrogen-bond acceptors (Lipinski definition) is 2. The Kier molecular flexibility index (Phi) is 4.81. The van der Waals surface area contributed by atoms with Crippen molar-refractivity contribution in [3.8, 4) is 0 Å². The molecule has 0 radical (unpaired) electrons. The van der Waals surface area contributed by atoms with Crippen LogP contribution < -0.4 is 5.73 Å². The van der Waals surface area contributed by atoms with E-state index in [-0.39, 0.29) is 24.0 Å². The van der Waals surface area contributed by atoms with Crippen LogP contribution >= 0.6 is 12.4 Å². The molecule has 0 aliphatic carbocycles. The van der Waals surface area contributed by atoms with E-state index in [9.17, 15) is 18.0 Å². The summed E-state index contributed by atoms with van der Waals surface area (Å²) in [5, 5.41) is 0. The zero-order valence-electron chi connectivity index (χ0n) is 9.98. The zero-order chi connectivity index (χ0) is 13.3. The highest BCUT2D eigenvalue weighted by molar-refractivity contribution is 5.96. The predicted molar refractivity (Wildman–Crippen MR) is 67.2 cm³/mol. The van der Waals surface area contributed by atoms with Gasteiger partial charge in [-0.1, -0.05) is 12.1 Å². The zero-order valence-corrected chi connectivity index (χ0v) is 10.8. The molecule has 1 aromatic rings. The summed E-state index contributed by atoms with van der Waals surface area (Å²) in [5.74, 6) is -0.601. The molecular weight excluding hydrogens is 281 g/mol. The topological polar surface area (TPSA) is 46.3 Å². The van der Waals surface area contributed by atoms with Gasteiger partial charge in [-0.2, -0.15) is 13.2 Å². The SMILES string of the molecule is Cl.N[C@@H]1CCN(C(=O)c2ccccc2C(F)(F)F)C1. The number of likely N-dealkylation sites (tertiary alicyclic amines) is 1. The maximum Gasteiger partial charge on any atom is 0.417 e. The number of carbonyl (C=O) groups excluding carboxylic acids is 1. The molecule has 1 aliphatic rings. The Morgan fingerprint density at radius 1 is 1.32 bits per heavy atom. The molecule has 106 valence electrons. The summed E-state index contributed by atoms with van der Waals surface area (Å²) < 4.78 is 38.3. The molecule has 1 heterocycles. The number of carbonyl (C=O) groups is 1. The van der Waals surface area contributed by atoms with Gasteiger partial charge in [0.2, 0.25) is 0 Å². The first-order chi connectivity index (χ1) is 8.39. The first-order valence-electron chi connectivity index (χ1n) is 5.60. The molecule has 0 bridgehead atoms. The lowest BCUT2D eigenvalue weighted by molar-refractivity contribution is -0.138. The summed E-state index contributed by atoms with van der Waals surface area (Å²) in [6, 6.07) is 4.68. The summed E-state index contributed by atoms with van der Waals surface area (Å²) in [7, 11) is 0. The van der Waals surface area contributed by atoms with Crippen molar-refractivity contribution in [3.05, 3.63) is 35.4 Å². The standard InChI is InChI=1S/C12H13F3N2O.ClH/c13-12(14,15)10-4-2-1-3-9(10)11(18)17-6-5-8(16)7-17;/h1-4,8H,5-7,16H2;1H/t8-;/m1./s1. The van der Waals surface area contributed by atoms with Crippen LogP contribution in [0.15, 0.2) is 24.3 Å². The fraction of sp³-hybridized carbons (Fsp3) is 0.417. The number of halogens is 4. The van der Waals surface area contributed by atoms with E-state index in [0.29, 0.717) is 19.5 Å². The van der Waals surface area contributed by atoms with Crippen molar-refractivity contribution < 1.29 is 18.0 Å². The van der Waals surface area contributed by atoms with E-state index in [4.69, 9.17) is 5.73 Å². The number of nitrogens with zero attached hydrogens (tertiary/aromatic N) is 1. The second-order valence-corrected chi connectivity index (χ2v) is 4.34. The molecule has 7 heteroatoms. The average molecular weight is 295 g/mol. The van der Waals surface area contributed by atoms with Gasteiger partial charge in [0.1, 0.15) is 0 Å². The fourth-order valence-corrected chi connectivity index (χ4v) is 2.06. The van der Waals surface area contributed by atoms with Crippen LogP contribution in [-0.4, -0.2) is 29.9 Å². The first kappa shape index (κ1) is 15.8. The maximum absolute atomic E-state index is 12.8. The van der Waals surface area contributed by atoms with Crippen molar-refractivity contribution in [3.63, 3.8) is 0 Å². The quantitative estimate of drug-likeness (QED) is 0.864. The number of alkyl halides is 3. The summed E-state index contributed by atoms with van der Waals surface area (Å²) in [6.07, 6.45) is -3.89. The molecule has 2 N–H and O–H groups in total. The van der Waals surface area contributed by atoms with Gasteiger partial charge in [-0.05, 0) is 18.6 Å². The second-order valence-electron chi connectivity index (χ2n) is 4.34. The second kappa shape index (κ2) is 5.79. The summed E-state index contributed by atoms with van der Waals surface area (Å²) >= 11 is 0. The monoisotopic (exact) mass is 294 g/mol. The summed E-state index contributed by atoms with van der Waals surface area (Å²) in [4.78, 5) is 13.4. The number of benzene rings is 1. The van der Waals surface area contributed by atoms with E-state index in [1.54, 1.807) is 0 Å². The highest BCUT2D eigenvalue weighted by Crippen LogP contribution is 2.32. The molecule has 0 unspecified atom stereocenters. The van der Waals surface area contributed by atoms with E-state index < -0.39 is 17.6 Å². The molecule has 3 nitrogen and oxygen atoms in total. The van der Waals surface area contributed by atoms with Crippen LogP contribution in [0.2, 0.25) is 0 Å². The van der Waals surface area contributed by atoms with Crippen molar-refractivity contribution in [1.82, 2.24) is 4.90 Å². The predicted octanol–water partition coefficient (Wildman–Crippen LogP) is 2.30. The van der Waals surface area contributed by atoms with Gasteiger partial charge >= 0.3 is 6.18 Å². The van der Waals surface area contributed by atoms with Crippen molar-refractivity contribution in [1.29, 1.82) is 0 Å². The van der Waals surface area contributed by atoms with Gasteiger partial charge in [-0.15, -0.1) is 12.4 Å². The van der Waals surface area contributed by atoms with E-state index in [0.717, 1.165) is 6.07 Å². The summed E-state index contributed by atoms with van der Waals surface area (Å²) in [5.41, 5.74) is 4.45. The van der Waals surface area contributed by atoms with Crippen LogP contribution in [0, 0.1) is 0 Å². The number of hydrogen-bond donors (Lipinski definition) is 1. The van der Waals surface area contributed by atoms with Gasteiger partial charge in [-0.3, -0.25) is 4.79 Å². The maximum atomic E-state index is 12.8. The lowest BCUT2D eigenvalue weighted by Gasteiger charge is -2.19. The molecule has 0 saturated carbocycles. The van der Waals surface area contributed by atoms with E-state index >= 15 is 0 Å². The molecule has 1 aliphatic heterocycles. The van der Waals surface area contributed by atoms with Crippen molar-refractivity contribution in [2.24, 2.45) is 5.73 Å². The van der Waals surface area contributed by atoms with Crippen molar-refractivity contribution >= 4 is 18.3 Å². The number of rotatable bonds is 1. The van der Waals surface area contributed by atoms with Gasteiger partial charge in [-0.25, -0.2) is 0 Å². The first-order valence-corrected chi connectivity index (χ1v) is 5.60. The normalized spacial score (nSPS) is 19.2. The molecule has 1 fully saturated rings. The number of amides is 1. The van der Waals surface area contributed by atoms with Crippen LogP contribution in [-0.2, 0) is 6.18 Å².